The summed E-state index contributed by atoms with van der Waals surface area (Å²) >= 11 is 0. The highest BCUT2D eigenvalue weighted by molar-refractivity contribution is 5.76. The van der Waals surface area contributed by atoms with Gasteiger partial charge in [0.25, 0.3) is 0 Å². The molecule has 4 heteroatoms. The SMILES string of the molecule is CC(NCCC(=O)NC1CC1)c1ccoc1. The van der Waals surface area contributed by atoms with Crippen molar-refractivity contribution >= 4 is 5.91 Å². The molecule has 1 fully saturated rings. The first-order valence-corrected chi connectivity index (χ1v) is 5.80. The Hall–Kier alpha value is -1.29. The van der Waals surface area contributed by atoms with Gasteiger partial charge in [0.15, 0.2) is 0 Å². The zero-order valence-corrected chi connectivity index (χ0v) is 9.53. The molecule has 2 N–H and O–H groups in total. The van der Waals surface area contributed by atoms with Gasteiger partial charge in [-0.2, -0.15) is 0 Å². The predicted molar refractivity (Wildman–Crippen MR) is 60.9 cm³/mol. The van der Waals surface area contributed by atoms with E-state index >= 15 is 0 Å². The Morgan fingerprint density at radius 1 is 1.62 bits per heavy atom. The quantitative estimate of drug-likeness (QED) is 0.768. The first kappa shape index (κ1) is 11.2. The van der Waals surface area contributed by atoms with Crippen molar-refractivity contribution < 1.29 is 9.21 Å². The molecule has 88 valence electrons. The molecule has 1 atom stereocenters. The van der Waals surface area contributed by atoms with Gasteiger partial charge in [-0.3, -0.25) is 4.79 Å². The van der Waals surface area contributed by atoms with Crippen molar-refractivity contribution in [3.8, 4) is 0 Å². The topological polar surface area (TPSA) is 54.3 Å². The monoisotopic (exact) mass is 222 g/mol. The molecule has 0 aromatic carbocycles. The number of furan rings is 1. The zero-order chi connectivity index (χ0) is 11.4. The molecule has 0 spiro atoms. The molecule has 1 aliphatic rings. The van der Waals surface area contributed by atoms with Gasteiger partial charge in [0.05, 0.1) is 12.5 Å². The van der Waals surface area contributed by atoms with Crippen molar-refractivity contribution in [3.63, 3.8) is 0 Å². The Kier molecular flexibility index (Phi) is 3.62. The lowest BCUT2D eigenvalue weighted by Gasteiger charge is -2.11. The van der Waals surface area contributed by atoms with Crippen molar-refractivity contribution in [1.82, 2.24) is 10.6 Å². The fourth-order valence-electron chi connectivity index (χ4n) is 1.57. The number of amides is 1. The second-order valence-corrected chi connectivity index (χ2v) is 4.32. The third kappa shape index (κ3) is 3.38. The molecule has 1 saturated carbocycles. The molecule has 1 heterocycles. The second kappa shape index (κ2) is 5.16. The van der Waals surface area contributed by atoms with Crippen LogP contribution in [0.2, 0.25) is 0 Å². The average molecular weight is 222 g/mol. The molecule has 2 rings (SSSR count). The molecule has 1 unspecified atom stereocenters. The van der Waals surface area contributed by atoms with E-state index in [9.17, 15) is 4.79 Å². The number of carbonyl (C=O) groups is 1. The zero-order valence-electron chi connectivity index (χ0n) is 9.53. The summed E-state index contributed by atoms with van der Waals surface area (Å²) < 4.78 is 5.00. The van der Waals surface area contributed by atoms with Crippen molar-refractivity contribution in [1.29, 1.82) is 0 Å². The fourth-order valence-corrected chi connectivity index (χ4v) is 1.57. The Morgan fingerprint density at radius 3 is 3.06 bits per heavy atom. The van der Waals surface area contributed by atoms with Crippen LogP contribution in [-0.2, 0) is 4.79 Å². The maximum atomic E-state index is 11.4. The molecular formula is C12H18N2O2. The second-order valence-electron chi connectivity index (χ2n) is 4.32. The maximum Gasteiger partial charge on any atom is 0.221 e. The van der Waals surface area contributed by atoms with Crippen LogP contribution in [0.15, 0.2) is 23.0 Å². The molecule has 4 nitrogen and oxygen atoms in total. The summed E-state index contributed by atoms with van der Waals surface area (Å²) in [6, 6.07) is 2.62. The Labute approximate surface area is 95.4 Å². The van der Waals surface area contributed by atoms with Crippen LogP contribution in [0.25, 0.3) is 0 Å². The lowest BCUT2D eigenvalue weighted by atomic mass is 10.2. The Bertz CT molecular complexity index is 331. The summed E-state index contributed by atoms with van der Waals surface area (Å²) in [6.07, 6.45) is 6.21. The lowest BCUT2D eigenvalue weighted by molar-refractivity contribution is -0.121. The van der Waals surface area contributed by atoms with Gasteiger partial charge >= 0.3 is 0 Å². The summed E-state index contributed by atoms with van der Waals surface area (Å²) in [5, 5.41) is 6.25. The van der Waals surface area contributed by atoms with Crippen LogP contribution in [0.5, 0.6) is 0 Å². The molecule has 16 heavy (non-hydrogen) atoms. The summed E-state index contributed by atoms with van der Waals surface area (Å²) in [4.78, 5) is 11.4. The van der Waals surface area contributed by atoms with E-state index in [-0.39, 0.29) is 11.9 Å². The van der Waals surface area contributed by atoms with Crippen molar-refractivity contribution in [2.24, 2.45) is 0 Å². The smallest absolute Gasteiger partial charge is 0.221 e. The van der Waals surface area contributed by atoms with Gasteiger partial charge in [0, 0.05) is 30.6 Å². The number of hydrogen-bond acceptors (Lipinski definition) is 3. The van der Waals surface area contributed by atoms with Gasteiger partial charge in [-0.1, -0.05) is 0 Å². The predicted octanol–water partition coefficient (Wildman–Crippen LogP) is 1.60. The van der Waals surface area contributed by atoms with Crippen LogP contribution in [-0.4, -0.2) is 18.5 Å². The van der Waals surface area contributed by atoms with Crippen LogP contribution in [0.4, 0.5) is 0 Å². The fraction of sp³-hybridized carbons (Fsp3) is 0.583. The van der Waals surface area contributed by atoms with Crippen LogP contribution < -0.4 is 10.6 Å². The summed E-state index contributed by atoms with van der Waals surface area (Å²) in [5.41, 5.74) is 1.11. The Morgan fingerprint density at radius 2 is 2.44 bits per heavy atom. The molecule has 1 aromatic rings. The third-order valence-corrected chi connectivity index (χ3v) is 2.79. The molecule has 1 aliphatic carbocycles. The van der Waals surface area contributed by atoms with Gasteiger partial charge < -0.3 is 15.1 Å². The van der Waals surface area contributed by atoms with E-state index < -0.39 is 0 Å². The van der Waals surface area contributed by atoms with Crippen LogP contribution in [0, 0.1) is 0 Å². The highest BCUT2D eigenvalue weighted by Crippen LogP contribution is 2.18. The van der Waals surface area contributed by atoms with Crippen molar-refractivity contribution in [3.05, 3.63) is 24.2 Å². The van der Waals surface area contributed by atoms with Crippen LogP contribution in [0.3, 0.4) is 0 Å². The van der Waals surface area contributed by atoms with E-state index in [1.165, 1.54) is 0 Å². The maximum absolute atomic E-state index is 11.4. The van der Waals surface area contributed by atoms with E-state index in [0.717, 1.165) is 18.4 Å². The summed E-state index contributed by atoms with van der Waals surface area (Å²) in [7, 11) is 0. The standard InChI is InChI=1S/C12H18N2O2/c1-9(10-5-7-16-8-10)13-6-4-12(15)14-11-2-3-11/h5,7-9,11,13H,2-4,6H2,1H3,(H,14,15). The minimum atomic E-state index is 0.148. The molecule has 0 aliphatic heterocycles. The van der Waals surface area contributed by atoms with Crippen LogP contribution in [0.1, 0.15) is 37.8 Å². The number of nitrogens with one attached hydrogen (secondary N) is 2. The summed E-state index contributed by atoms with van der Waals surface area (Å²) in [6.45, 7) is 2.76. The first-order valence-electron chi connectivity index (χ1n) is 5.80. The number of hydrogen-bond donors (Lipinski definition) is 2. The third-order valence-electron chi connectivity index (χ3n) is 2.79. The molecule has 1 amide bonds. The molecule has 0 saturated heterocycles. The van der Waals surface area contributed by atoms with E-state index in [1.54, 1.807) is 12.5 Å². The van der Waals surface area contributed by atoms with E-state index in [1.807, 2.05) is 6.07 Å². The molecule has 0 bridgehead atoms. The van der Waals surface area contributed by atoms with Gasteiger partial charge in [-0.05, 0) is 25.8 Å². The highest BCUT2D eigenvalue weighted by Gasteiger charge is 2.22. The molecule has 0 radical (unpaired) electrons. The normalized spacial score (nSPS) is 17.1. The van der Waals surface area contributed by atoms with Gasteiger partial charge in [0.2, 0.25) is 5.91 Å². The Balaban J connectivity index is 1.61. The average Bonchev–Trinajstić information content (AvgIpc) is 2.90. The lowest BCUT2D eigenvalue weighted by Crippen LogP contribution is -2.29. The number of carbonyl (C=O) groups excluding carboxylic acids is 1. The van der Waals surface area contributed by atoms with Crippen LogP contribution >= 0.6 is 0 Å². The minimum absolute atomic E-state index is 0.148. The van der Waals surface area contributed by atoms with Crippen molar-refractivity contribution in [2.45, 2.75) is 38.3 Å². The first-order chi connectivity index (χ1) is 7.75. The number of rotatable bonds is 6. The largest absolute Gasteiger partial charge is 0.472 e. The highest BCUT2D eigenvalue weighted by atomic mass is 16.3. The molecule has 1 aromatic heterocycles. The minimum Gasteiger partial charge on any atom is -0.472 e. The van der Waals surface area contributed by atoms with E-state index in [0.29, 0.717) is 19.0 Å². The van der Waals surface area contributed by atoms with Gasteiger partial charge in [-0.15, -0.1) is 0 Å². The summed E-state index contributed by atoms with van der Waals surface area (Å²) in [5.74, 6) is 0.148. The van der Waals surface area contributed by atoms with E-state index in [2.05, 4.69) is 17.6 Å². The van der Waals surface area contributed by atoms with E-state index in [4.69, 9.17) is 4.42 Å². The van der Waals surface area contributed by atoms with Gasteiger partial charge in [0.1, 0.15) is 0 Å². The van der Waals surface area contributed by atoms with Gasteiger partial charge in [-0.25, -0.2) is 0 Å². The van der Waals surface area contributed by atoms with Crippen molar-refractivity contribution in [2.75, 3.05) is 6.54 Å². The molecular weight excluding hydrogens is 204 g/mol.